The third-order valence-electron chi connectivity index (χ3n) is 4.43. The zero-order valence-electron chi connectivity index (χ0n) is 12.6. The molecule has 0 unspecified atom stereocenters. The summed E-state index contributed by atoms with van der Waals surface area (Å²) in [6.45, 7) is 0. The molecular weight excluding hydrogens is 495 g/mol. The highest BCUT2D eigenvalue weighted by molar-refractivity contribution is 5.30. The molecule has 20 heteroatoms. The molecule has 0 aromatic carbocycles. The van der Waals surface area contributed by atoms with Crippen LogP contribution < -0.4 is 0 Å². The van der Waals surface area contributed by atoms with Crippen LogP contribution in [0.2, 0.25) is 0 Å². The van der Waals surface area contributed by atoms with Gasteiger partial charge in [-0.3, -0.25) is 0 Å². The van der Waals surface area contributed by atoms with Crippen molar-refractivity contribution in [2.45, 2.75) is 59.3 Å². The molecule has 0 bridgehead atoms. The minimum atomic E-state index is -8.62. The molecule has 0 atom stereocenters. The Bertz CT molecular complexity index is 692. The first-order valence-electron chi connectivity index (χ1n) is 6.51. The predicted molar refractivity (Wildman–Crippen MR) is 50.2 cm³/mol. The molecule has 1 saturated carbocycles. The van der Waals surface area contributed by atoms with Crippen molar-refractivity contribution < 1.29 is 83.4 Å². The van der Waals surface area contributed by atoms with Gasteiger partial charge in [0.15, 0.2) is 0 Å². The van der Waals surface area contributed by atoms with Crippen LogP contribution in [0.5, 0.6) is 0 Å². The molecule has 2 rings (SSSR count). The third kappa shape index (κ3) is 1.84. The summed E-state index contributed by atoms with van der Waals surface area (Å²) in [6, 6.07) is -16.1. The highest BCUT2D eigenvalue weighted by atomic mass is 19.4. The molecule has 0 radical (unpaired) electrons. The fourth-order valence-electron chi connectivity index (χ4n) is 2.71. The van der Waals surface area contributed by atoms with Crippen LogP contribution in [0.1, 0.15) is 0 Å². The number of likely N-dealkylation sites (tertiary alicyclic amines) is 1. The number of nitrogens with zero attached hydrogens (tertiary/aromatic N) is 1. The SMILES string of the molecule is FC1(F)N(C2(F)C(F)(F)C(F)(F)C(F)(F)C(F)(F)C2(F)F)C(F)(F)C(F)(F)C1(F)F. The number of rotatable bonds is 1. The molecule has 1 aliphatic heterocycles. The van der Waals surface area contributed by atoms with Gasteiger partial charge in [-0.1, -0.05) is 0 Å². The second kappa shape index (κ2) is 5.16. The highest BCUT2D eigenvalue weighted by Gasteiger charge is 3.08. The Labute approximate surface area is 149 Å². The Morgan fingerprint density at radius 3 is 0.700 bits per heavy atom. The Morgan fingerprint density at radius 1 is 0.267 bits per heavy atom. The van der Waals surface area contributed by atoms with E-state index < -0.39 is 64.2 Å². The Balaban J connectivity index is 3.08. The van der Waals surface area contributed by atoms with E-state index in [4.69, 9.17) is 0 Å². The van der Waals surface area contributed by atoms with E-state index in [-0.39, 0.29) is 0 Å². The van der Waals surface area contributed by atoms with Crippen molar-refractivity contribution in [1.29, 1.82) is 0 Å². The largest absolute Gasteiger partial charge is 0.394 e. The lowest BCUT2D eigenvalue weighted by Gasteiger charge is -2.55. The maximum atomic E-state index is 14.4. The van der Waals surface area contributed by atoms with Gasteiger partial charge in [0, 0.05) is 0 Å². The van der Waals surface area contributed by atoms with Crippen molar-refractivity contribution in [2.24, 2.45) is 0 Å². The van der Waals surface area contributed by atoms with Gasteiger partial charge in [0.2, 0.25) is 0 Å². The van der Waals surface area contributed by atoms with Crippen LogP contribution in [0.25, 0.3) is 0 Å². The van der Waals surface area contributed by atoms with Crippen molar-refractivity contribution in [1.82, 2.24) is 4.90 Å². The van der Waals surface area contributed by atoms with Gasteiger partial charge in [0.05, 0.1) is 0 Å². The zero-order chi connectivity index (χ0) is 24.6. The van der Waals surface area contributed by atoms with Crippen LogP contribution in [-0.2, 0) is 0 Å². The maximum absolute atomic E-state index is 14.4. The molecule has 0 spiro atoms. The standard InChI is InChI=1S/C10F19N/c11-1(12)2(13,14)4(17,18)8(25,5(19,20)3(1,15)16)30-9(26,27)6(21,22)7(23,24)10(30,28)29. The zero-order valence-corrected chi connectivity index (χ0v) is 12.6. The fraction of sp³-hybridized carbons (Fsp3) is 1.00. The predicted octanol–water partition coefficient (Wildman–Crippen LogP) is 5.61. The molecule has 0 aromatic heterocycles. The van der Waals surface area contributed by atoms with E-state index in [0.29, 0.717) is 0 Å². The van der Waals surface area contributed by atoms with Gasteiger partial charge in [-0.05, 0) is 0 Å². The second-order valence-corrected chi connectivity index (χ2v) is 6.06. The van der Waals surface area contributed by atoms with Gasteiger partial charge in [-0.15, -0.1) is 4.90 Å². The van der Waals surface area contributed by atoms with Crippen LogP contribution >= 0.6 is 0 Å². The first kappa shape index (κ1) is 24.9. The Morgan fingerprint density at radius 2 is 0.467 bits per heavy atom. The van der Waals surface area contributed by atoms with E-state index in [1.807, 2.05) is 0 Å². The average Bonchev–Trinajstić information content (AvgIpc) is 2.57. The van der Waals surface area contributed by atoms with E-state index >= 15 is 0 Å². The second-order valence-electron chi connectivity index (χ2n) is 6.06. The summed E-state index contributed by atoms with van der Waals surface area (Å²) in [7, 11) is 0. The summed E-state index contributed by atoms with van der Waals surface area (Å²) in [5.41, 5.74) is 0. The minimum Gasteiger partial charge on any atom is -0.212 e. The molecule has 1 saturated heterocycles. The van der Waals surface area contributed by atoms with Crippen LogP contribution in [-0.4, -0.2) is 64.2 Å². The molecule has 1 heterocycles. The Hall–Kier alpha value is -1.37. The van der Waals surface area contributed by atoms with Gasteiger partial charge in [0.1, 0.15) is 0 Å². The first-order chi connectivity index (χ1) is 12.6. The lowest BCUT2D eigenvalue weighted by Crippen LogP contribution is -2.89. The van der Waals surface area contributed by atoms with Crippen molar-refractivity contribution >= 4 is 0 Å². The first-order valence-corrected chi connectivity index (χ1v) is 6.51. The fourth-order valence-corrected chi connectivity index (χ4v) is 2.71. The van der Waals surface area contributed by atoms with Crippen LogP contribution in [0.3, 0.4) is 0 Å². The molecule has 1 aliphatic carbocycles. The van der Waals surface area contributed by atoms with Crippen molar-refractivity contribution in [2.75, 3.05) is 0 Å². The molecule has 178 valence electrons. The molecule has 2 aliphatic rings. The number of alkyl halides is 19. The molecule has 0 amide bonds. The monoisotopic (exact) mass is 495 g/mol. The van der Waals surface area contributed by atoms with Crippen LogP contribution in [0.15, 0.2) is 0 Å². The van der Waals surface area contributed by atoms with Gasteiger partial charge in [-0.2, -0.15) is 79.0 Å². The molecule has 0 N–H and O–H groups in total. The van der Waals surface area contributed by atoms with Crippen molar-refractivity contribution in [3.63, 3.8) is 0 Å². The third-order valence-corrected chi connectivity index (χ3v) is 4.43. The number of halogens is 19. The molecular formula is C10F19N. The smallest absolute Gasteiger partial charge is 0.212 e. The lowest BCUT2D eigenvalue weighted by atomic mass is 9.76. The van der Waals surface area contributed by atoms with E-state index in [1.54, 1.807) is 0 Å². The van der Waals surface area contributed by atoms with Gasteiger partial charge in [0.25, 0.3) is 0 Å². The molecule has 30 heavy (non-hydrogen) atoms. The molecule has 1 nitrogen and oxygen atoms in total. The van der Waals surface area contributed by atoms with Crippen molar-refractivity contribution in [3.8, 4) is 0 Å². The minimum absolute atomic E-state index is 4.61. The number of hydrogen-bond acceptors (Lipinski definition) is 1. The molecule has 0 aromatic rings. The quantitative estimate of drug-likeness (QED) is 0.338. The molecule has 2 fully saturated rings. The lowest BCUT2D eigenvalue weighted by molar-refractivity contribution is -0.529. The van der Waals surface area contributed by atoms with Gasteiger partial charge >= 0.3 is 59.3 Å². The normalized spacial score (nSPS) is 35.7. The van der Waals surface area contributed by atoms with E-state index in [2.05, 4.69) is 0 Å². The van der Waals surface area contributed by atoms with Gasteiger partial charge in [-0.25, -0.2) is 4.39 Å². The summed E-state index contributed by atoms with van der Waals surface area (Å²) in [5, 5.41) is 0. The number of hydrogen-bond donors (Lipinski definition) is 0. The maximum Gasteiger partial charge on any atom is 0.394 e. The van der Waals surface area contributed by atoms with Crippen LogP contribution in [0.4, 0.5) is 83.4 Å². The van der Waals surface area contributed by atoms with Crippen LogP contribution in [0, 0.1) is 0 Å². The van der Waals surface area contributed by atoms with E-state index in [1.165, 1.54) is 0 Å². The summed E-state index contributed by atoms with van der Waals surface area (Å²) < 4.78 is 253. The van der Waals surface area contributed by atoms with E-state index in [0.717, 1.165) is 0 Å². The van der Waals surface area contributed by atoms with Gasteiger partial charge < -0.3 is 0 Å². The van der Waals surface area contributed by atoms with E-state index in [9.17, 15) is 83.4 Å². The summed E-state index contributed by atoms with van der Waals surface area (Å²) >= 11 is 0. The van der Waals surface area contributed by atoms with Crippen molar-refractivity contribution in [3.05, 3.63) is 0 Å². The highest BCUT2D eigenvalue weighted by Crippen LogP contribution is 2.75. The summed E-state index contributed by atoms with van der Waals surface area (Å²) in [4.78, 5) is -4.61. The summed E-state index contributed by atoms with van der Waals surface area (Å²) in [6.07, 6.45) is 0. The Kier molecular flexibility index (Phi) is 4.28. The summed E-state index contributed by atoms with van der Waals surface area (Å²) in [5.74, 6) is -66.0. The average molecular weight is 495 g/mol. The topological polar surface area (TPSA) is 3.24 Å².